The van der Waals surface area contributed by atoms with Crippen molar-refractivity contribution in [3.05, 3.63) is 35.4 Å². The molecular formula is C16H27N3O. The van der Waals surface area contributed by atoms with Crippen molar-refractivity contribution in [2.75, 3.05) is 20.7 Å². The number of aliphatic imine (C=N–C) groups is 1. The summed E-state index contributed by atoms with van der Waals surface area (Å²) in [7, 11) is 3.51. The van der Waals surface area contributed by atoms with Gasteiger partial charge in [0, 0.05) is 27.2 Å². The molecule has 0 bridgehead atoms. The van der Waals surface area contributed by atoms with Crippen LogP contribution in [-0.4, -0.2) is 26.7 Å². The van der Waals surface area contributed by atoms with Gasteiger partial charge < -0.3 is 15.4 Å². The monoisotopic (exact) mass is 277 g/mol. The van der Waals surface area contributed by atoms with Crippen molar-refractivity contribution in [2.45, 2.75) is 33.4 Å². The summed E-state index contributed by atoms with van der Waals surface area (Å²) in [6.07, 6.45) is 1.15. The summed E-state index contributed by atoms with van der Waals surface area (Å²) < 4.78 is 5.10. The molecule has 0 aliphatic carbocycles. The largest absolute Gasteiger partial charge is 0.380 e. The fourth-order valence-electron chi connectivity index (χ4n) is 1.81. The standard InChI is InChI=1S/C16H27N3O/c1-13(2)9-10-18-16(17-3)19-11-14-5-7-15(8-6-14)12-20-4/h5-8,13H,9-12H2,1-4H3,(H2,17,18,19). The maximum absolute atomic E-state index is 5.10. The highest BCUT2D eigenvalue weighted by molar-refractivity contribution is 5.79. The molecule has 0 aliphatic heterocycles. The van der Waals surface area contributed by atoms with Crippen LogP contribution in [0.4, 0.5) is 0 Å². The van der Waals surface area contributed by atoms with Crippen molar-refractivity contribution < 1.29 is 4.74 Å². The molecule has 1 aromatic rings. The van der Waals surface area contributed by atoms with E-state index in [0.717, 1.165) is 25.5 Å². The highest BCUT2D eigenvalue weighted by Gasteiger charge is 2.00. The molecule has 0 saturated carbocycles. The van der Waals surface area contributed by atoms with Crippen molar-refractivity contribution in [1.82, 2.24) is 10.6 Å². The maximum atomic E-state index is 5.10. The van der Waals surface area contributed by atoms with Gasteiger partial charge in [0.1, 0.15) is 0 Å². The van der Waals surface area contributed by atoms with Crippen LogP contribution in [0.3, 0.4) is 0 Å². The molecule has 0 heterocycles. The molecule has 1 aromatic carbocycles. The second-order valence-corrected chi connectivity index (χ2v) is 5.28. The lowest BCUT2D eigenvalue weighted by molar-refractivity contribution is 0.185. The van der Waals surface area contributed by atoms with E-state index in [2.05, 4.69) is 53.7 Å². The molecule has 0 aliphatic rings. The van der Waals surface area contributed by atoms with Gasteiger partial charge in [-0.05, 0) is 23.5 Å². The predicted octanol–water partition coefficient (Wildman–Crippen LogP) is 2.54. The molecule has 0 spiro atoms. The molecule has 0 unspecified atom stereocenters. The fourth-order valence-corrected chi connectivity index (χ4v) is 1.81. The lowest BCUT2D eigenvalue weighted by Gasteiger charge is -2.13. The zero-order chi connectivity index (χ0) is 14.8. The second kappa shape index (κ2) is 9.37. The quantitative estimate of drug-likeness (QED) is 0.595. The van der Waals surface area contributed by atoms with Crippen LogP contribution in [0.5, 0.6) is 0 Å². The number of hydrogen-bond acceptors (Lipinski definition) is 2. The van der Waals surface area contributed by atoms with Gasteiger partial charge in [-0.1, -0.05) is 38.1 Å². The molecule has 0 amide bonds. The van der Waals surface area contributed by atoms with Crippen LogP contribution >= 0.6 is 0 Å². The van der Waals surface area contributed by atoms with E-state index in [1.807, 2.05) is 0 Å². The van der Waals surface area contributed by atoms with E-state index in [1.165, 1.54) is 11.1 Å². The minimum absolute atomic E-state index is 0.659. The first kappa shape index (κ1) is 16.5. The van der Waals surface area contributed by atoms with Gasteiger partial charge in [-0.3, -0.25) is 4.99 Å². The van der Waals surface area contributed by atoms with Crippen LogP contribution in [0.25, 0.3) is 0 Å². The number of nitrogens with zero attached hydrogens (tertiary/aromatic N) is 1. The van der Waals surface area contributed by atoms with E-state index < -0.39 is 0 Å². The number of rotatable bonds is 7. The first-order chi connectivity index (χ1) is 9.65. The van der Waals surface area contributed by atoms with E-state index in [0.29, 0.717) is 12.5 Å². The Labute approximate surface area is 122 Å². The van der Waals surface area contributed by atoms with Gasteiger partial charge in [0.05, 0.1) is 6.61 Å². The molecule has 112 valence electrons. The zero-order valence-corrected chi connectivity index (χ0v) is 13.1. The van der Waals surface area contributed by atoms with Crippen LogP contribution in [-0.2, 0) is 17.9 Å². The van der Waals surface area contributed by atoms with E-state index >= 15 is 0 Å². The van der Waals surface area contributed by atoms with Gasteiger partial charge >= 0.3 is 0 Å². The highest BCUT2D eigenvalue weighted by atomic mass is 16.5. The lowest BCUT2D eigenvalue weighted by atomic mass is 10.1. The number of methoxy groups -OCH3 is 1. The van der Waals surface area contributed by atoms with Gasteiger partial charge in [0.2, 0.25) is 0 Å². The molecule has 4 nitrogen and oxygen atoms in total. The molecule has 0 atom stereocenters. The summed E-state index contributed by atoms with van der Waals surface area (Å²) in [4.78, 5) is 4.22. The van der Waals surface area contributed by atoms with E-state index in [1.54, 1.807) is 14.2 Å². The van der Waals surface area contributed by atoms with Crippen molar-refractivity contribution in [3.63, 3.8) is 0 Å². The maximum Gasteiger partial charge on any atom is 0.191 e. The normalized spacial score (nSPS) is 11.8. The molecule has 2 N–H and O–H groups in total. The third-order valence-electron chi connectivity index (χ3n) is 3.03. The number of benzene rings is 1. The summed E-state index contributed by atoms with van der Waals surface area (Å²) in [6.45, 7) is 6.82. The summed E-state index contributed by atoms with van der Waals surface area (Å²) >= 11 is 0. The molecule has 0 aromatic heterocycles. The molecule has 4 heteroatoms. The molecular weight excluding hydrogens is 250 g/mol. The Hall–Kier alpha value is -1.55. The van der Waals surface area contributed by atoms with Crippen molar-refractivity contribution in [1.29, 1.82) is 0 Å². The minimum Gasteiger partial charge on any atom is -0.380 e. The first-order valence-electron chi connectivity index (χ1n) is 7.17. The Morgan fingerprint density at radius 2 is 1.80 bits per heavy atom. The number of ether oxygens (including phenoxy) is 1. The Morgan fingerprint density at radius 1 is 1.15 bits per heavy atom. The van der Waals surface area contributed by atoms with Crippen LogP contribution in [0.15, 0.2) is 29.3 Å². The molecule has 0 radical (unpaired) electrons. The molecule has 1 rings (SSSR count). The Balaban J connectivity index is 2.36. The highest BCUT2D eigenvalue weighted by Crippen LogP contribution is 2.05. The molecule has 20 heavy (non-hydrogen) atoms. The van der Waals surface area contributed by atoms with E-state index in [4.69, 9.17) is 4.74 Å². The topological polar surface area (TPSA) is 45.7 Å². The van der Waals surface area contributed by atoms with Crippen LogP contribution in [0.2, 0.25) is 0 Å². The van der Waals surface area contributed by atoms with Crippen molar-refractivity contribution >= 4 is 5.96 Å². The fraction of sp³-hybridized carbons (Fsp3) is 0.562. The van der Waals surface area contributed by atoms with Gasteiger partial charge in [-0.2, -0.15) is 0 Å². The van der Waals surface area contributed by atoms with Gasteiger partial charge in [0.25, 0.3) is 0 Å². The van der Waals surface area contributed by atoms with Crippen LogP contribution in [0, 0.1) is 5.92 Å². The van der Waals surface area contributed by atoms with E-state index in [-0.39, 0.29) is 0 Å². The SMILES string of the molecule is CN=C(NCCC(C)C)NCc1ccc(COC)cc1. The third kappa shape index (κ3) is 6.57. The second-order valence-electron chi connectivity index (χ2n) is 5.28. The lowest BCUT2D eigenvalue weighted by Crippen LogP contribution is -2.37. The summed E-state index contributed by atoms with van der Waals surface area (Å²) in [5, 5.41) is 6.64. The zero-order valence-electron chi connectivity index (χ0n) is 13.1. The van der Waals surface area contributed by atoms with Gasteiger partial charge in [0.15, 0.2) is 5.96 Å². The van der Waals surface area contributed by atoms with Crippen LogP contribution < -0.4 is 10.6 Å². The Morgan fingerprint density at radius 3 is 2.35 bits per heavy atom. The smallest absolute Gasteiger partial charge is 0.191 e. The van der Waals surface area contributed by atoms with E-state index in [9.17, 15) is 0 Å². The average Bonchev–Trinajstić information content (AvgIpc) is 2.44. The van der Waals surface area contributed by atoms with Crippen LogP contribution in [0.1, 0.15) is 31.4 Å². The average molecular weight is 277 g/mol. The van der Waals surface area contributed by atoms with Gasteiger partial charge in [-0.25, -0.2) is 0 Å². The third-order valence-corrected chi connectivity index (χ3v) is 3.03. The van der Waals surface area contributed by atoms with Crippen molar-refractivity contribution in [2.24, 2.45) is 10.9 Å². The van der Waals surface area contributed by atoms with Crippen molar-refractivity contribution in [3.8, 4) is 0 Å². The Kier molecular flexibility index (Phi) is 7.73. The predicted molar refractivity (Wildman–Crippen MR) is 84.8 cm³/mol. The first-order valence-corrected chi connectivity index (χ1v) is 7.17. The number of guanidine groups is 1. The summed E-state index contributed by atoms with van der Waals surface area (Å²) in [6, 6.07) is 8.41. The summed E-state index contributed by atoms with van der Waals surface area (Å²) in [5.74, 6) is 1.56. The minimum atomic E-state index is 0.659. The summed E-state index contributed by atoms with van der Waals surface area (Å²) in [5.41, 5.74) is 2.42. The number of hydrogen-bond donors (Lipinski definition) is 2. The van der Waals surface area contributed by atoms with Gasteiger partial charge in [-0.15, -0.1) is 0 Å². The molecule has 0 saturated heterocycles. The Bertz CT molecular complexity index is 399. The molecule has 0 fully saturated rings. The number of nitrogens with one attached hydrogen (secondary N) is 2.